The first-order chi connectivity index (χ1) is 19.4. The number of carbonyl (C=O) groups excluding carboxylic acids is 1. The number of hydrogen-bond donors (Lipinski definition) is 2. The summed E-state index contributed by atoms with van der Waals surface area (Å²) in [5.74, 6) is -0.537. The number of nitrogens with one attached hydrogen (secondary N) is 2. The summed E-state index contributed by atoms with van der Waals surface area (Å²) in [6.07, 6.45) is -3.54. The van der Waals surface area contributed by atoms with E-state index in [1.54, 1.807) is 0 Å². The maximum absolute atomic E-state index is 14.2. The molecular formula is C32H27F3N4O. The molecule has 5 nitrogen and oxygen atoms in total. The van der Waals surface area contributed by atoms with E-state index in [4.69, 9.17) is 0 Å². The van der Waals surface area contributed by atoms with Crippen molar-refractivity contribution in [2.24, 2.45) is 0 Å². The fourth-order valence-corrected chi connectivity index (χ4v) is 5.46. The van der Waals surface area contributed by atoms with E-state index in [0.29, 0.717) is 0 Å². The van der Waals surface area contributed by atoms with Gasteiger partial charge in [-0.15, -0.1) is 0 Å². The van der Waals surface area contributed by atoms with Crippen molar-refractivity contribution in [1.29, 1.82) is 0 Å². The minimum atomic E-state index is -4.53. The molecule has 1 amide bonds. The molecule has 0 radical (unpaired) electrons. The third-order valence-electron chi connectivity index (χ3n) is 7.53. The smallest absolute Gasteiger partial charge is 0.363 e. The molecule has 202 valence electrons. The first kappa shape index (κ1) is 25.7. The van der Waals surface area contributed by atoms with E-state index < -0.39 is 24.2 Å². The lowest BCUT2D eigenvalue weighted by Crippen LogP contribution is -2.36. The molecular weight excluding hydrogens is 513 g/mol. The van der Waals surface area contributed by atoms with Gasteiger partial charge in [0.05, 0.1) is 12.2 Å². The standard InChI is InChI=1S/C32H27F3N4O/c33-32(34,35)29-18-28(25-16-15-21-9-7-8-14-24(21)17-25)38-30-27(20-37-39(29)30)31(40)36-19-26(22-10-3-1-4-11-22)23-12-5-2-6-13-23/h1-17,20,26,28-29,38H,18-19H2,(H,36,40). The van der Waals surface area contributed by atoms with E-state index in [1.807, 2.05) is 103 Å². The second kappa shape index (κ2) is 10.5. The fraction of sp³-hybridized carbons (Fsp3) is 0.188. The van der Waals surface area contributed by atoms with Gasteiger partial charge in [-0.05, 0) is 33.5 Å². The van der Waals surface area contributed by atoms with Crippen LogP contribution >= 0.6 is 0 Å². The maximum Gasteiger partial charge on any atom is 0.410 e. The van der Waals surface area contributed by atoms with Crippen LogP contribution in [0.25, 0.3) is 10.8 Å². The van der Waals surface area contributed by atoms with Crippen molar-refractivity contribution in [3.05, 3.63) is 132 Å². The van der Waals surface area contributed by atoms with Crippen LogP contribution < -0.4 is 10.6 Å². The molecule has 0 saturated heterocycles. The van der Waals surface area contributed by atoms with E-state index in [9.17, 15) is 18.0 Å². The number of alkyl halides is 3. The van der Waals surface area contributed by atoms with Crippen molar-refractivity contribution in [2.75, 3.05) is 11.9 Å². The van der Waals surface area contributed by atoms with Crippen LogP contribution in [-0.4, -0.2) is 28.4 Å². The summed E-state index contributed by atoms with van der Waals surface area (Å²) in [5, 5.41) is 12.1. The van der Waals surface area contributed by atoms with E-state index in [-0.39, 0.29) is 30.3 Å². The Labute approximate surface area is 229 Å². The molecule has 0 saturated carbocycles. The highest BCUT2D eigenvalue weighted by Gasteiger charge is 2.47. The Bertz CT molecular complexity index is 1590. The van der Waals surface area contributed by atoms with Gasteiger partial charge in [-0.1, -0.05) is 97.1 Å². The maximum atomic E-state index is 14.2. The topological polar surface area (TPSA) is 59.0 Å². The average Bonchev–Trinajstić information content (AvgIpc) is 3.41. The normalized spacial score (nSPS) is 16.9. The first-order valence-electron chi connectivity index (χ1n) is 13.2. The molecule has 1 aliphatic rings. The van der Waals surface area contributed by atoms with Crippen LogP contribution in [0.1, 0.15) is 51.5 Å². The third-order valence-corrected chi connectivity index (χ3v) is 7.53. The summed E-state index contributed by atoms with van der Waals surface area (Å²) in [7, 11) is 0. The molecule has 4 aromatic carbocycles. The number of aromatic nitrogens is 2. The summed E-state index contributed by atoms with van der Waals surface area (Å²) in [5.41, 5.74) is 2.86. The molecule has 2 N–H and O–H groups in total. The van der Waals surface area contributed by atoms with Gasteiger partial charge >= 0.3 is 6.18 Å². The molecule has 6 rings (SSSR count). The Morgan fingerprint density at radius 1 is 0.900 bits per heavy atom. The van der Waals surface area contributed by atoms with Crippen LogP contribution in [0.3, 0.4) is 0 Å². The quantitative estimate of drug-likeness (QED) is 0.238. The van der Waals surface area contributed by atoms with Crippen LogP contribution in [0.2, 0.25) is 0 Å². The molecule has 5 aromatic rings. The molecule has 0 bridgehead atoms. The molecule has 2 heterocycles. The predicted molar refractivity (Wildman–Crippen MR) is 149 cm³/mol. The molecule has 0 spiro atoms. The molecule has 40 heavy (non-hydrogen) atoms. The van der Waals surface area contributed by atoms with Crippen LogP contribution in [0.15, 0.2) is 109 Å². The lowest BCUT2D eigenvalue weighted by Gasteiger charge is -2.34. The number of halogens is 3. The molecule has 8 heteroatoms. The van der Waals surface area contributed by atoms with Crippen molar-refractivity contribution >= 4 is 22.5 Å². The van der Waals surface area contributed by atoms with E-state index in [0.717, 1.165) is 32.1 Å². The highest BCUT2D eigenvalue weighted by Crippen LogP contribution is 2.44. The number of hydrogen-bond acceptors (Lipinski definition) is 3. The monoisotopic (exact) mass is 540 g/mol. The van der Waals surface area contributed by atoms with Crippen molar-refractivity contribution in [3.63, 3.8) is 0 Å². The molecule has 0 fully saturated rings. The van der Waals surface area contributed by atoms with Crippen LogP contribution in [-0.2, 0) is 0 Å². The largest absolute Gasteiger partial charge is 0.410 e. The lowest BCUT2D eigenvalue weighted by molar-refractivity contribution is -0.173. The number of amides is 1. The highest BCUT2D eigenvalue weighted by atomic mass is 19.4. The van der Waals surface area contributed by atoms with E-state index >= 15 is 0 Å². The number of benzene rings is 4. The minimum absolute atomic E-state index is 0.0696. The molecule has 1 aromatic heterocycles. The molecule has 2 unspecified atom stereocenters. The Hall–Kier alpha value is -4.59. The molecule has 0 aliphatic carbocycles. The van der Waals surface area contributed by atoms with E-state index in [1.165, 1.54) is 6.20 Å². The number of rotatable bonds is 6. The van der Waals surface area contributed by atoms with Crippen molar-refractivity contribution in [1.82, 2.24) is 15.1 Å². The molecule has 2 atom stereocenters. The minimum Gasteiger partial charge on any atom is -0.363 e. The summed E-state index contributed by atoms with van der Waals surface area (Å²) >= 11 is 0. The van der Waals surface area contributed by atoms with Crippen LogP contribution in [0.4, 0.5) is 19.0 Å². The van der Waals surface area contributed by atoms with Gasteiger partial charge in [-0.25, -0.2) is 4.68 Å². The van der Waals surface area contributed by atoms with Gasteiger partial charge in [0.25, 0.3) is 5.91 Å². The van der Waals surface area contributed by atoms with Crippen LogP contribution in [0, 0.1) is 0 Å². The number of fused-ring (bicyclic) bond motifs is 2. The number of carbonyl (C=O) groups is 1. The fourth-order valence-electron chi connectivity index (χ4n) is 5.46. The summed E-state index contributed by atoms with van der Waals surface area (Å²) in [4.78, 5) is 13.4. The predicted octanol–water partition coefficient (Wildman–Crippen LogP) is 7.26. The van der Waals surface area contributed by atoms with Gasteiger partial charge < -0.3 is 10.6 Å². The SMILES string of the molecule is O=C(NCC(c1ccccc1)c1ccccc1)c1cnn2c1NC(c1ccc3ccccc3c1)CC2C(F)(F)F. The summed E-state index contributed by atoms with van der Waals surface area (Å²) < 4.78 is 43.5. The average molecular weight is 541 g/mol. The van der Waals surface area contributed by atoms with Crippen molar-refractivity contribution in [2.45, 2.75) is 30.6 Å². The Morgan fingerprint density at radius 3 is 2.17 bits per heavy atom. The number of anilines is 1. The van der Waals surface area contributed by atoms with Gasteiger partial charge in [-0.3, -0.25) is 4.79 Å². The van der Waals surface area contributed by atoms with Crippen LogP contribution in [0.5, 0.6) is 0 Å². The Morgan fingerprint density at radius 2 is 1.52 bits per heavy atom. The van der Waals surface area contributed by atoms with Gasteiger partial charge in [0.1, 0.15) is 11.4 Å². The van der Waals surface area contributed by atoms with E-state index in [2.05, 4.69) is 15.7 Å². The highest BCUT2D eigenvalue weighted by molar-refractivity contribution is 5.99. The zero-order valence-electron chi connectivity index (χ0n) is 21.5. The first-order valence-corrected chi connectivity index (χ1v) is 13.2. The summed E-state index contributed by atoms with van der Waals surface area (Å²) in [6.45, 7) is 0.272. The zero-order valence-corrected chi connectivity index (χ0v) is 21.5. The Balaban J connectivity index is 1.29. The second-order valence-corrected chi connectivity index (χ2v) is 10.0. The third kappa shape index (κ3) is 5.04. The van der Waals surface area contributed by atoms with Gasteiger partial charge in [0.2, 0.25) is 0 Å². The number of nitrogens with zero attached hydrogens (tertiary/aromatic N) is 2. The van der Waals surface area contributed by atoms with Crippen molar-refractivity contribution in [3.8, 4) is 0 Å². The van der Waals surface area contributed by atoms with Gasteiger partial charge in [-0.2, -0.15) is 18.3 Å². The van der Waals surface area contributed by atoms with Gasteiger partial charge in [0, 0.05) is 18.9 Å². The summed E-state index contributed by atoms with van der Waals surface area (Å²) in [6, 6.07) is 30.4. The zero-order chi connectivity index (χ0) is 27.7. The lowest BCUT2D eigenvalue weighted by atomic mass is 9.91. The van der Waals surface area contributed by atoms with Gasteiger partial charge in [0.15, 0.2) is 6.04 Å². The second-order valence-electron chi connectivity index (χ2n) is 10.0. The molecule has 1 aliphatic heterocycles. The Kier molecular flexibility index (Phi) is 6.76. The van der Waals surface area contributed by atoms with Crippen molar-refractivity contribution < 1.29 is 18.0 Å².